The first kappa shape index (κ1) is 21.7. The van der Waals surface area contributed by atoms with Crippen LogP contribution in [-0.2, 0) is 0 Å². The van der Waals surface area contributed by atoms with Crippen LogP contribution in [0.1, 0.15) is 49.5 Å². The standard InChI is InChI=1S/C31H31N5/c1-2-6-25-24(5-1)23(13-14-26(25)30-19-35-31(36-30)28-8-4-16-33-28)21-11-9-20(10-12-21)22-17-29(34-18-22)27-7-3-15-32-27/h1-2,5-6,9-14,18-19,27-28,32-33H,3-4,7-8,15-17H2,(H,35,36)/t27-,28-/m0/s1. The number of hydrogen-bond acceptors (Lipinski definition) is 4. The van der Waals surface area contributed by atoms with E-state index in [1.54, 1.807) is 0 Å². The summed E-state index contributed by atoms with van der Waals surface area (Å²) >= 11 is 0. The number of aromatic nitrogens is 2. The van der Waals surface area contributed by atoms with Crippen LogP contribution in [0, 0.1) is 0 Å². The molecule has 2 saturated heterocycles. The van der Waals surface area contributed by atoms with E-state index in [4.69, 9.17) is 9.98 Å². The first-order valence-corrected chi connectivity index (χ1v) is 13.2. The summed E-state index contributed by atoms with van der Waals surface area (Å²) in [7, 11) is 0. The third-order valence-electron chi connectivity index (χ3n) is 7.99. The molecule has 3 aliphatic rings. The van der Waals surface area contributed by atoms with Crippen LogP contribution in [0.3, 0.4) is 0 Å². The maximum Gasteiger partial charge on any atom is 0.123 e. The Morgan fingerprint density at radius 1 is 0.722 bits per heavy atom. The van der Waals surface area contributed by atoms with Crippen molar-refractivity contribution in [1.29, 1.82) is 0 Å². The van der Waals surface area contributed by atoms with Gasteiger partial charge in [0.05, 0.1) is 17.9 Å². The Labute approximate surface area is 211 Å². The molecule has 2 fully saturated rings. The minimum atomic E-state index is 0.341. The predicted molar refractivity (Wildman–Crippen MR) is 148 cm³/mol. The first-order valence-electron chi connectivity index (χ1n) is 13.2. The summed E-state index contributed by atoms with van der Waals surface area (Å²) < 4.78 is 0. The van der Waals surface area contributed by atoms with Crippen molar-refractivity contribution in [2.75, 3.05) is 13.1 Å². The summed E-state index contributed by atoms with van der Waals surface area (Å²) in [6.45, 7) is 2.18. The van der Waals surface area contributed by atoms with Crippen LogP contribution in [0.4, 0.5) is 0 Å². The number of H-pyrrole nitrogens is 1. The van der Waals surface area contributed by atoms with Gasteiger partial charge < -0.3 is 15.6 Å². The topological polar surface area (TPSA) is 65.1 Å². The molecule has 36 heavy (non-hydrogen) atoms. The van der Waals surface area contributed by atoms with E-state index in [0.717, 1.165) is 37.4 Å². The van der Waals surface area contributed by atoms with E-state index in [1.807, 2.05) is 6.20 Å². The van der Waals surface area contributed by atoms with E-state index in [1.165, 1.54) is 63.6 Å². The molecule has 180 valence electrons. The molecule has 2 atom stereocenters. The van der Waals surface area contributed by atoms with E-state index in [2.05, 4.69) is 82.5 Å². The van der Waals surface area contributed by atoms with Gasteiger partial charge in [-0.3, -0.25) is 4.99 Å². The van der Waals surface area contributed by atoms with Gasteiger partial charge in [0.2, 0.25) is 0 Å². The molecule has 5 heteroatoms. The average molecular weight is 474 g/mol. The molecule has 4 heterocycles. The van der Waals surface area contributed by atoms with Crippen molar-refractivity contribution in [3.8, 4) is 22.4 Å². The second kappa shape index (κ2) is 9.16. The van der Waals surface area contributed by atoms with Gasteiger partial charge in [0.1, 0.15) is 5.82 Å². The highest BCUT2D eigenvalue weighted by atomic mass is 15.0. The normalized spacial score (nSPS) is 21.8. The Kier molecular flexibility index (Phi) is 5.52. The number of rotatable bonds is 5. The van der Waals surface area contributed by atoms with E-state index in [9.17, 15) is 0 Å². The molecule has 3 aliphatic heterocycles. The summed E-state index contributed by atoms with van der Waals surface area (Å²) in [6, 6.07) is 23.0. The molecule has 0 unspecified atom stereocenters. The highest BCUT2D eigenvalue weighted by Crippen LogP contribution is 2.36. The first-order chi connectivity index (χ1) is 17.8. The number of aromatic amines is 1. The molecule has 3 N–H and O–H groups in total. The van der Waals surface area contributed by atoms with Crippen molar-refractivity contribution in [2.45, 2.75) is 44.2 Å². The lowest BCUT2D eigenvalue weighted by Crippen LogP contribution is -2.29. The Balaban J connectivity index is 1.17. The molecule has 5 nitrogen and oxygen atoms in total. The molecule has 0 aliphatic carbocycles. The number of allylic oxidation sites excluding steroid dienone is 1. The Morgan fingerprint density at radius 3 is 2.17 bits per heavy atom. The van der Waals surface area contributed by atoms with Crippen LogP contribution in [0.25, 0.3) is 38.7 Å². The minimum absolute atomic E-state index is 0.341. The lowest BCUT2D eigenvalue weighted by atomic mass is 9.92. The van der Waals surface area contributed by atoms with Crippen molar-refractivity contribution in [2.24, 2.45) is 4.99 Å². The quantitative estimate of drug-likeness (QED) is 0.321. The number of nitrogens with zero attached hydrogens (tertiary/aromatic N) is 2. The molecule has 0 spiro atoms. The summed E-state index contributed by atoms with van der Waals surface area (Å²) in [5.74, 6) is 1.04. The zero-order chi connectivity index (χ0) is 23.9. The van der Waals surface area contributed by atoms with Crippen LogP contribution in [-0.4, -0.2) is 34.8 Å². The molecule has 0 bridgehead atoms. The maximum atomic E-state index is 4.74. The number of fused-ring (bicyclic) bond motifs is 1. The van der Waals surface area contributed by atoms with Gasteiger partial charge in [-0.05, 0) is 71.8 Å². The van der Waals surface area contributed by atoms with E-state index < -0.39 is 0 Å². The summed E-state index contributed by atoms with van der Waals surface area (Å²) in [6.07, 6.45) is 9.81. The maximum absolute atomic E-state index is 4.74. The third-order valence-corrected chi connectivity index (χ3v) is 7.99. The van der Waals surface area contributed by atoms with Gasteiger partial charge in [-0.2, -0.15) is 0 Å². The smallest absolute Gasteiger partial charge is 0.123 e. The van der Waals surface area contributed by atoms with Crippen LogP contribution < -0.4 is 10.6 Å². The van der Waals surface area contributed by atoms with Crippen LogP contribution >= 0.6 is 0 Å². The SMILES string of the molecule is C1=C(c2ccc(-c3ccc(-c4cnc([C@@H]5CCCN5)[nH]4)c4ccccc34)cc2)CC([C@@H]2CCCN2)=N1. The second-order valence-corrected chi connectivity index (χ2v) is 10.2. The van der Waals surface area contributed by atoms with Crippen molar-refractivity contribution < 1.29 is 0 Å². The Morgan fingerprint density at radius 2 is 1.42 bits per heavy atom. The van der Waals surface area contributed by atoms with Gasteiger partial charge in [-0.25, -0.2) is 4.98 Å². The fourth-order valence-corrected chi connectivity index (χ4v) is 6.02. The van der Waals surface area contributed by atoms with Gasteiger partial charge in [0.15, 0.2) is 0 Å². The van der Waals surface area contributed by atoms with Crippen LogP contribution in [0.5, 0.6) is 0 Å². The zero-order valence-corrected chi connectivity index (χ0v) is 20.4. The summed E-state index contributed by atoms with van der Waals surface area (Å²) in [5, 5.41) is 9.62. The highest BCUT2D eigenvalue weighted by molar-refractivity contribution is 6.05. The van der Waals surface area contributed by atoms with E-state index >= 15 is 0 Å². The van der Waals surface area contributed by atoms with Gasteiger partial charge in [0, 0.05) is 29.9 Å². The van der Waals surface area contributed by atoms with Crippen molar-refractivity contribution in [3.63, 3.8) is 0 Å². The lowest BCUT2D eigenvalue weighted by molar-refractivity contribution is 0.613. The fraction of sp³-hybridized carbons (Fsp3) is 0.290. The summed E-state index contributed by atoms with van der Waals surface area (Å²) in [4.78, 5) is 13.0. The van der Waals surface area contributed by atoms with Crippen molar-refractivity contribution in [1.82, 2.24) is 20.6 Å². The van der Waals surface area contributed by atoms with Gasteiger partial charge in [-0.15, -0.1) is 0 Å². The van der Waals surface area contributed by atoms with Gasteiger partial charge in [-0.1, -0.05) is 60.7 Å². The third kappa shape index (κ3) is 3.89. The van der Waals surface area contributed by atoms with E-state index in [0.29, 0.717) is 12.1 Å². The number of aliphatic imine (C=N–C) groups is 1. The Bertz CT molecular complexity index is 1460. The van der Waals surface area contributed by atoms with Crippen molar-refractivity contribution in [3.05, 3.63) is 84.4 Å². The minimum Gasteiger partial charge on any atom is -0.341 e. The molecule has 0 saturated carbocycles. The van der Waals surface area contributed by atoms with Crippen LogP contribution in [0.2, 0.25) is 0 Å². The molecule has 3 aromatic carbocycles. The number of hydrogen-bond donors (Lipinski definition) is 3. The fourth-order valence-electron chi connectivity index (χ4n) is 6.02. The van der Waals surface area contributed by atoms with Gasteiger partial charge in [0.25, 0.3) is 0 Å². The number of benzene rings is 3. The second-order valence-electron chi connectivity index (χ2n) is 10.2. The average Bonchev–Trinajstić information content (AvgIpc) is 3.75. The molecular formula is C31H31N5. The number of imidazole rings is 1. The molecule has 7 rings (SSSR count). The monoisotopic (exact) mass is 473 g/mol. The van der Waals surface area contributed by atoms with E-state index in [-0.39, 0.29) is 0 Å². The summed E-state index contributed by atoms with van der Waals surface area (Å²) in [5.41, 5.74) is 8.64. The number of nitrogens with one attached hydrogen (secondary N) is 3. The zero-order valence-electron chi connectivity index (χ0n) is 20.4. The van der Waals surface area contributed by atoms with Gasteiger partial charge >= 0.3 is 0 Å². The Hall–Kier alpha value is -3.54. The molecule has 4 aromatic rings. The molecule has 1 aromatic heterocycles. The molecule has 0 radical (unpaired) electrons. The highest BCUT2D eigenvalue weighted by Gasteiger charge is 2.24. The lowest BCUT2D eigenvalue weighted by Gasteiger charge is -2.13. The predicted octanol–water partition coefficient (Wildman–Crippen LogP) is 6.26. The van der Waals surface area contributed by atoms with Crippen LogP contribution in [0.15, 0.2) is 78.1 Å². The molecular weight excluding hydrogens is 442 g/mol. The van der Waals surface area contributed by atoms with Crippen molar-refractivity contribution >= 4 is 22.1 Å². The largest absolute Gasteiger partial charge is 0.341 e. The molecule has 0 amide bonds.